The number of hydrogen-bond acceptors (Lipinski definition) is 4. The molecule has 7 heteroatoms. The van der Waals surface area contributed by atoms with Crippen molar-refractivity contribution in [3.63, 3.8) is 0 Å². The SMILES string of the molecule is Cc1oc(C)c(S(=O)(=O)NC(C)c2ccccc2)c1C(=O)O. The van der Waals surface area contributed by atoms with Crippen molar-refractivity contribution in [1.82, 2.24) is 4.72 Å². The zero-order valence-corrected chi connectivity index (χ0v) is 13.3. The van der Waals surface area contributed by atoms with E-state index >= 15 is 0 Å². The van der Waals surface area contributed by atoms with Gasteiger partial charge in [-0.15, -0.1) is 0 Å². The summed E-state index contributed by atoms with van der Waals surface area (Å²) in [6.45, 7) is 4.55. The Bertz CT molecular complexity index is 793. The predicted octanol–water partition coefficient (Wildman–Crippen LogP) is 2.63. The minimum atomic E-state index is -4.02. The number of carboxylic acid groups (broad SMARTS) is 1. The Balaban J connectivity index is 2.42. The minimum absolute atomic E-state index is 0.0580. The van der Waals surface area contributed by atoms with E-state index < -0.39 is 22.0 Å². The van der Waals surface area contributed by atoms with Crippen LogP contribution in [0.4, 0.5) is 0 Å². The normalized spacial score (nSPS) is 13.0. The molecule has 2 rings (SSSR count). The quantitative estimate of drug-likeness (QED) is 0.881. The summed E-state index contributed by atoms with van der Waals surface area (Å²) in [6.07, 6.45) is 0. The van der Waals surface area contributed by atoms with Crippen molar-refractivity contribution in [1.29, 1.82) is 0 Å². The van der Waals surface area contributed by atoms with Gasteiger partial charge in [-0.1, -0.05) is 30.3 Å². The standard InChI is InChI=1S/C15H17NO5S/c1-9(12-7-5-4-6-8-12)16-22(19,20)14-11(3)21-10(2)13(14)15(17)18/h4-9,16H,1-3H3,(H,17,18). The van der Waals surface area contributed by atoms with Gasteiger partial charge in [0, 0.05) is 6.04 Å². The highest BCUT2D eigenvalue weighted by Gasteiger charge is 2.31. The van der Waals surface area contributed by atoms with E-state index in [1.807, 2.05) is 6.07 Å². The lowest BCUT2D eigenvalue weighted by Gasteiger charge is -2.14. The smallest absolute Gasteiger partial charge is 0.340 e. The van der Waals surface area contributed by atoms with Gasteiger partial charge in [0.25, 0.3) is 0 Å². The molecule has 0 saturated heterocycles. The van der Waals surface area contributed by atoms with E-state index in [0.29, 0.717) is 0 Å². The number of carboxylic acids is 1. The van der Waals surface area contributed by atoms with Crippen molar-refractivity contribution in [3.05, 3.63) is 53.0 Å². The third kappa shape index (κ3) is 3.05. The van der Waals surface area contributed by atoms with Crippen molar-refractivity contribution in [2.45, 2.75) is 31.7 Å². The Morgan fingerprint density at radius 1 is 1.18 bits per heavy atom. The van der Waals surface area contributed by atoms with Gasteiger partial charge < -0.3 is 9.52 Å². The van der Waals surface area contributed by atoms with E-state index in [2.05, 4.69) is 4.72 Å². The number of hydrogen-bond donors (Lipinski definition) is 2. The molecule has 1 unspecified atom stereocenters. The van der Waals surface area contributed by atoms with Gasteiger partial charge in [0.15, 0.2) is 0 Å². The second-order valence-corrected chi connectivity index (χ2v) is 6.63. The highest BCUT2D eigenvalue weighted by atomic mass is 32.2. The van der Waals surface area contributed by atoms with Gasteiger partial charge in [-0.05, 0) is 26.3 Å². The van der Waals surface area contributed by atoms with Crippen LogP contribution in [0, 0.1) is 13.8 Å². The fraction of sp³-hybridized carbons (Fsp3) is 0.267. The zero-order valence-electron chi connectivity index (χ0n) is 12.5. The number of nitrogens with one attached hydrogen (secondary N) is 1. The lowest BCUT2D eigenvalue weighted by atomic mass is 10.1. The van der Waals surface area contributed by atoms with E-state index in [1.165, 1.54) is 13.8 Å². The Morgan fingerprint density at radius 2 is 1.77 bits per heavy atom. The summed E-state index contributed by atoms with van der Waals surface area (Å²) in [6, 6.07) is 8.52. The zero-order chi connectivity index (χ0) is 16.5. The number of aryl methyl sites for hydroxylation is 2. The van der Waals surface area contributed by atoms with Crippen LogP contribution in [0.3, 0.4) is 0 Å². The second kappa shape index (κ2) is 5.94. The molecule has 1 aromatic carbocycles. The van der Waals surface area contributed by atoms with Crippen molar-refractivity contribution < 1.29 is 22.7 Å². The van der Waals surface area contributed by atoms with Crippen LogP contribution in [0.5, 0.6) is 0 Å². The fourth-order valence-corrected chi connectivity index (χ4v) is 3.97. The van der Waals surface area contributed by atoms with Gasteiger partial charge in [-0.3, -0.25) is 0 Å². The van der Waals surface area contributed by atoms with E-state index in [-0.39, 0.29) is 22.0 Å². The molecule has 0 saturated carbocycles. The number of carbonyl (C=O) groups is 1. The first-order valence-corrected chi connectivity index (χ1v) is 8.13. The molecule has 2 N–H and O–H groups in total. The van der Waals surface area contributed by atoms with Crippen molar-refractivity contribution in [3.8, 4) is 0 Å². The molecule has 0 aliphatic carbocycles. The van der Waals surface area contributed by atoms with Crippen LogP contribution >= 0.6 is 0 Å². The fourth-order valence-electron chi connectivity index (χ4n) is 2.34. The van der Waals surface area contributed by atoms with Gasteiger partial charge in [-0.2, -0.15) is 0 Å². The van der Waals surface area contributed by atoms with Crippen LogP contribution in [0.15, 0.2) is 39.6 Å². The van der Waals surface area contributed by atoms with Crippen LogP contribution in [0.1, 0.15) is 40.4 Å². The van der Waals surface area contributed by atoms with Gasteiger partial charge in [0.2, 0.25) is 10.0 Å². The number of sulfonamides is 1. The molecular formula is C15H17NO5S. The molecule has 2 aromatic rings. The molecular weight excluding hydrogens is 306 g/mol. The van der Waals surface area contributed by atoms with Crippen LogP contribution in [-0.2, 0) is 10.0 Å². The second-order valence-electron chi connectivity index (χ2n) is 4.98. The average Bonchev–Trinajstić information content (AvgIpc) is 2.75. The highest BCUT2D eigenvalue weighted by molar-refractivity contribution is 7.89. The Labute approximate surface area is 128 Å². The summed E-state index contributed by atoms with van der Waals surface area (Å²) in [5.74, 6) is -1.21. The summed E-state index contributed by atoms with van der Waals surface area (Å²) in [5.41, 5.74) is 0.450. The molecule has 6 nitrogen and oxygen atoms in total. The lowest BCUT2D eigenvalue weighted by molar-refractivity contribution is 0.0691. The largest absolute Gasteiger partial charge is 0.478 e. The van der Waals surface area contributed by atoms with Gasteiger partial charge in [-0.25, -0.2) is 17.9 Å². The summed E-state index contributed by atoms with van der Waals surface area (Å²) in [4.78, 5) is 11.0. The van der Waals surface area contributed by atoms with E-state index in [1.54, 1.807) is 31.2 Å². The third-order valence-electron chi connectivity index (χ3n) is 3.32. The maximum atomic E-state index is 12.5. The molecule has 0 bridgehead atoms. The molecule has 0 aliphatic heterocycles. The molecule has 1 heterocycles. The molecule has 0 aliphatic rings. The Kier molecular flexibility index (Phi) is 4.39. The Morgan fingerprint density at radius 3 is 2.32 bits per heavy atom. The molecule has 0 fully saturated rings. The van der Waals surface area contributed by atoms with E-state index in [0.717, 1.165) is 5.56 Å². The average molecular weight is 323 g/mol. The number of rotatable bonds is 5. The summed E-state index contributed by atoms with van der Waals surface area (Å²) in [7, 11) is -4.02. The van der Waals surface area contributed by atoms with Crippen LogP contribution in [0.2, 0.25) is 0 Å². The first-order valence-electron chi connectivity index (χ1n) is 6.64. The molecule has 1 atom stereocenters. The maximum Gasteiger partial charge on any atom is 0.340 e. The third-order valence-corrected chi connectivity index (χ3v) is 5.01. The lowest BCUT2D eigenvalue weighted by Crippen LogP contribution is -2.28. The molecule has 1 aromatic heterocycles. The molecule has 0 amide bonds. The highest BCUT2D eigenvalue weighted by Crippen LogP contribution is 2.28. The number of benzene rings is 1. The van der Waals surface area contributed by atoms with E-state index in [9.17, 15) is 18.3 Å². The topological polar surface area (TPSA) is 96.6 Å². The summed E-state index contributed by atoms with van der Waals surface area (Å²) < 4.78 is 32.7. The van der Waals surface area contributed by atoms with Crippen molar-refractivity contribution >= 4 is 16.0 Å². The monoisotopic (exact) mass is 323 g/mol. The molecule has 22 heavy (non-hydrogen) atoms. The summed E-state index contributed by atoms with van der Waals surface area (Å²) >= 11 is 0. The Hall–Kier alpha value is -2.12. The first-order chi connectivity index (χ1) is 10.2. The minimum Gasteiger partial charge on any atom is -0.478 e. The van der Waals surface area contributed by atoms with Gasteiger partial charge in [0.1, 0.15) is 22.0 Å². The maximum absolute atomic E-state index is 12.5. The summed E-state index contributed by atoms with van der Waals surface area (Å²) in [5, 5.41) is 9.22. The first kappa shape index (κ1) is 16.3. The predicted molar refractivity (Wildman–Crippen MR) is 80.3 cm³/mol. The van der Waals surface area contributed by atoms with Crippen LogP contribution in [0.25, 0.3) is 0 Å². The van der Waals surface area contributed by atoms with Crippen LogP contribution in [-0.4, -0.2) is 19.5 Å². The number of furan rings is 1. The van der Waals surface area contributed by atoms with Crippen molar-refractivity contribution in [2.24, 2.45) is 0 Å². The molecule has 0 spiro atoms. The van der Waals surface area contributed by atoms with Gasteiger partial charge >= 0.3 is 5.97 Å². The van der Waals surface area contributed by atoms with Gasteiger partial charge in [0.05, 0.1) is 0 Å². The van der Waals surface area contributed by atoms with E-state index in [4.69, 9.17) is 4.42 Å². The van der Waals surface area contributed by atoms with Crippen LogP contribution < -0.4 is 4.72 Å². The molecule has 0 radical (unpaired) electrons. The molecule has 118 valence electrons. The van der Waals surface area contributed by atoms with Crippen molar-refractivity contribution in [2.75, 3.05) is 0 Å². The number of aromatic carboxylic acids is 1.